The van der Waals surface area contributed by atoms with Crippen molar-refractivity contribution in [3.8, 4) is 0 Å². The zero-order chi connectivity index (χ0) is 21.8. The number of fused-ring (bicyclic) bond motifs is 1. The number of hydrogen-bond acceptors (Lipinski definition) is 6. The molecule has 9 heteroatoms. The third-order valence-corrected chi connectivity index (χ3v) is 9.09. The Morgan fingerprint density at radius 2 is 1.81 bits per heavy atom. The molecule has 8 nitrogen and oxygen atoms in total. The monoisotopic (exact) mass is 444 g/mol. The van der Waals surface area contributed by atoms with Crippen molar-refractivity contribution in [2.75, 3.05) is 24.5 Å². The number of aryl methyl sites for hydroxylation is 3. The average molecular weight is 445 g/mol. The number of H-pyrrole nitrogens is 1. The molecule has 1 aliphatic carbocycles. The lowest BCUT2D eigenvalue weighted by Gasteiger charge is -2.36. The number of piperidine rings is 1. The van der Waals surface area contributed by atoms with E-state index in [1.807, 2.05) is 0 Å². The highest BCUT2D eigenvalue weighted by atomic mass is 32.2. The van der Waals surface area contributed by atoms with Gasteiger partial charge in [0, 0.05) is 30.9 Å². The SMILES string of the molecule is Cc1nc([C@@H]2CCCCN2S(=O)(=O)c2c(C)n[nH]c2C)nc2c1CCCN2CC1CC1. The lowest BCUT2D eigenvalue weighted by atomic mass is 10.0. The summed E-state index contributed by atoms with van der Waals surface area (Å²) in [5.74, 6) is 2.48. The number of hydrogen-bond donors (Lipinski definition) is 1. The quantitative estimate of drug-likeness (QED) is 0.761. The molecule has 2 aromatic rings. The maximum absolute atomic E-state index is 13.7. The second-order valence-electron chi connectivity index (χ2n) is 9.35. The van der Waals surface area contributed by atoms with Crippen LogP contribution in [-0.4, -0.2) is 52.5 Å². The van der Waals surface area contributed by atoms with Crippen molar-refractivity contribution >= 4 is 15.8 Å². The molecule has 2 fully saturated rings. The van der Waals surface area contributed by atoms with E-state index in [-0.39, 0.29) is 6.04 Å². The highest BCUT2D eigenvalue weighted by molar-refractivity contribution is 7.89. The average Bonchev–Trinajstić information content (AvgIpc) is 3.50. The standard InChI is InChI=1S/C22H32N6O2S/c1-14-18-7-6-11-27(13-17-9-10-17)22(18)24-21(23-14)19-8-4-5-12-28(19)31(29,30)20-15(2)25-26-16(20)3/h17,19H,4-13H2,1-3H3,(H,25,26)/t19-/m0/s1. The predicted molar refractivity (Wildman–Crippen MR) is 119 cm³/mol. The minimum atomic E-state index is -3.69. The molecule has 0 unspecified atom stereocenters. The van der Waals surface area contributed by atoms with Crippen molar-refractivity contribution < 1.29 is 8.42 Å². The third kappa shape index (κ3) is 3.75. The number of anilines is 1. The summed E-state index contributed by atoms with van der Waals surface area (Å²) in [6.45, 7) is 8.13. The van der Waals surface area contributed by atoms with Crippen molar-refractivity contribution in [1.29, 1.82) is 0 Å². The molecule has 0 amide bonds. The van der Waals surface area contributed by atoms with Crippen LogP contribution in [0.2, 0.25) is 0 Å². The van der Waals surface area contributed by atoms with E-state index >= 15 is 0 Å². The van der Waals surface area contributed by atoms with Gasteiger partial charge in [-0.25, -0.2) is 18.4 Å². The summed E-state index contributed by atoms with van der Waals surface area (Å²) in [5, 5.41) is 6.94. The molecule has 1 saturated carbocycles. The molecule has 0 radical (unpaired) electrons. The number of aromatic amines is 1. The number of nitrogens with one attached hydrogen (secondary N) is 1. The second-order valence-corrected chi connectivity index (χ2v) is 11.2. The summed E-state index contributed by atoms with van der Waals surface area (Å²) in [6, 6.07) is -0.332. The fourth-order valence-electron chi connectivity index (χ4n) is 5.14. The Morgan fingerprint density at radius 1 is 1.00 bits per heavy atom. The van der Waals surface area contributed by atoms with Gasteiger partial charge in [-0.2, -0.15) is 9.40 Å². The Bertz CT molecular complexity index is 1070. The van der Waals surface area contributed by atoms with Crippen molar-refractivity contribution in [3.05, 3.63) is 28.5 Å². The molecule has 168 valence electrons. The molecule has 1 saturated heterocycles. The molecule has 0 spiro atoms. The van der Waals surface area contributed by atoms with E-state index in [1.54, 1.807) is 18.2 Å². The Labute approximate surface area is 184 Å². The van der Waals surface area contributed by atoms with Gasteiger partial charge in [-0.1, -0.05) is 6.42 Å². The van der Waals surface area contributed by atoms with Crippen LogP contribution in [0.4, 0.5) is 5.82 Å². The first kappa shape index (κ1) is 20.9. The Morgan fingerprint density at radius 3 is 2.52 bits per heavy atom. The molecule has 31 heavy (non-hydrogen) atoms. The van der Waals surface area contributed by atoms with Gasteiger partial charge in [0.2, 0.25) is 10.0 Å². The lowest BCUT2D eigenvalue weighted by Crippen LogP contribution is -2.40. The minimum absolute atomic E-state index is 0.296. The first-order valence-corrected chi connectivity index (χ1v) is 13.0. The van der Waals surface area contributed by atoms with E-state index in [1.165, 1.54) is 18.4 Å². The van der Waals surface area contributed by atoms with Gasteiger partial charge in [-0.3, -0.25) is 5.10 Å². The molecule has 5 rings (SSSR count). The molecule has 1 N–H and O–H groups in total. The first-order chi connectivity index (χ1) is 14.9. The van der Waals surface area contributed by atoms with Crippen LogP contribution >= 0.6 is 0 Å². The molecular weight excluding hydrogens is 412 g/mol. The van der Waals surface area contributed by atoms with Crippen molar-refractivity contribution in [2.24, 2.45) is 5.92 Å². The largest absolute Gasteiger partial charge is 0.356 e. The van der Waals surface area contributed by atoms with Gasteiger partial charge in [0.05, 0.1) is 17.4 Å². The Hall–Kier alpha value is -2.00. The Balaban J connectivity index is 1.54. The summed E-state index contributed by atoms with van der Waals surface area (Å²) in [4.78, 5) is 12.6. The molecule has 4 heterocycles. The molecule has 2 aliphatic heterocycles. The summed E-state index contributed by atoms with van der Waals surface area (Å²) in [5.41, 5.74) is 3.33. The molecular formula is C22H32N6O2S. The van der Waals surface area contributed by atoms with E-state index < -0.39 is 10.0 Å². The van der Waals surface area contributed by atoms with Crippen LogP contribution in [-0.2, 0) is 16.4 Å². The molecule has 2 aromatic heterocycles. The lowest BCUT2D eigenvalue weighted by molar-refractivity contribution is 0.246. The van der Waals surface area contributed by atoms with E-state index in [4.69, 9.17) is 9.97 Å². The first-order valence-electron chi connectivity index (χ1n) is 11.5. The van der Waals surface area contributed by atoms with Gasteiger partial charge < -0.3 is 4.90 Å². The molecule has 1 atom stereocenters. The van der Waals surface area contributed by atoms with Gasteiger partial charge in [0.1, 0.15) is 16.5 Å². The fraction of sp³-hybridized carbons (Fsp3) is 0.682. The van der Waals surface area contributed by atoms with Crippen LogP contribution < -0.4 is 4.90 Å². The fourth-order valence-corrected chi connectivity index (χ4v) is 7.13. The van der Waals surface area contributed by atoms with Crippen molar-refractivity contribution in [1.82, 2.24) is 24.5 Å². The third-order valence-electron chi connectivity index (χ3n) is 6.92. The maximum atomic E-state index is 13.7. The molecule has 3 aliphatic rings. The zero-order valence-electron chi connectivity index (χ0n) is 18.7. The summed E-state index contributed by atoms with van der Waals surface area (Å²) >= 11 is 0. The Kier molecular flexibility index (Phi) is 5.29. The van der Waals surface area contributed by atoms with E-state index in [0.29, 0.717) is 28.7 Å². The number of sulfonamides is 1. The topological polar surface area (TPSA) is 95.1 Å². The van der Waals surface area contributed by atoms with E-state index in [2.05, 4.69) is 22.0 Å². The number of rotatable bonds is 5. The van der Waals surface area contributed by atoms with E-state index in [0.717, 1.165) is 62.6 Å². The summed E-state index contributed by atoms with van der Waals surface area (Å²) in [6.07, 6.45) is 7.32. The normalized spacial score (nSPS) is 22.5. The van der Waals surface area contributed by atoms with Crippen LogP contribution in [0.1, 0.15) is 73.0 Å². The maximum Gasteiger partial charge on any atom is 0.247 e. The van der Waals surface area contributed by atoms with Crippen molar-refractivity contribution in [2.45, 2.75) is 76.7 Å². The smallest absolute Gasteiger partial charge is 0.247 e. The highest BCUT2D eigenvalue weighted by Gasteiger charge is 2.39. The van der Waals surface area contributed by atoms with Crippen LogP contribution in [0.15, 0.2) is 4.90 Å². The van der Waals surface area contributed by atoms with Crippen LogP contribution in [0.5, 0.6) is 0 Å². The number of aromatic nitrogens is 4. The summed E-state index contributed by atoms with van der Waals surface area (Å²) < 4.78 is 29.0. The zero-order valence-corrected chi connectivity index (χ0v) is 19.5. The van der Waals surface area contributed by atoms with Gasteiger partial charge in [-0.05, 0) is 65.2 Å². The minimum Gasteiger partial charge on any atom is -0.356 e. The second kappa shape index (κ2) is 7.85. The molecule has 0 bridgehead atoms. The van der Waals surface area contributed by atoms with Gasteiger partial charge in [0.25, 0.3) is 0 Å². The van der Waals surface area contributed by atoms with Crippen LogP contribution in [0.3, 0.4) is 0 Å². The van der Waals surface area contributed by atoms with Crippen molar-refractivity contribution in [3.63, 3.8) is 0 Å². The van der Waals surface area contributed by atoms with Gasteiger partial charge in [0.15, 0.2) is 0 Å². The van der Waals surface area contributed by atoms with E-state index in [9.17, 15) is 8.42 Å². The summed E-state index contributed by atoms with van der Waals surface area (Å²) in [7, 11) is -3.69. The van der Waals surface area contributed by atoms with Crippen LogP contribution in [0.25, 0.3) is 0 Å². The predicted octanol–water partition coefficient (Wildman–Crippen LogP) is 3.20. The van der Waals surface area contributed by atoms with Crippen LogP contribution in [0, 0.1) is 26.7 Å². The highest BCUT2D eigenvalue weighted by Crippen LogP contribution is 2.39. The van der Waals surface area contributed by atoms with Gasteiger partial charge in [-0.15, -0.1) is 0 Å². The van der Waals surface area contributed by atoms with Gasteiger partial charge >= 0.3 is 0 Å². The molecule has 0 aromatic carbocycles. The number of nitrogens with zero attached hydrogens (tertiary/aromatic N) is 5.